The molecule has 162 valence electrons. The van der Waals surface area contributed by atoms with Crippen LogP contribution in [0.2, 0.25) is 0 Å². The second-order valence-electron chi connectivity index (χ2n) is 7.43. The summed E-state index contributed by atoms with van der Waals surface area (Å²) in [4.78, 5) is 27.6. The quantitative estimate of drug-likeness (QED) is 0.266. The summed E-state index contributed by atoms with van der Waals surface area (Å²) in [5, 5.41) is 11.2. The maximum Gasteiger partial charge on any atom is 0.300 e. The molecule has 32 heavy (non-hydrogen) atoms. The van der Waals surface area contributed by atoms with Crippen molar-refractivity contribution in [2.45, 2.75) is 19.4 Å². The Bertz CT molecular complexity index is 1150. The lowest BCUT2D eigenvalue weighted by Crippen LogP contribution is -2.29. The average molecular weight is 492 g/mol. The molecule has 5 nitrogen and oxygen atoms in total. The lowest BCUT2D eigenvalue weighted by molar-refractivity contribution is -0.132. The summed E-state index contributed by atoms with van der Waals surface area (Å²) < 4.78 is 6.47. The van der Waals surface area contributed by atoms with Crippen molar-refractivity contribution >= 4 is 39.1 Å². The molecule has 0 radical (unpaired) electrons. The van der Waals surface area contributed by atoms with Crippen LogP contribution in [0.15, 0.2) is 88.9 Å². The molecule has 1 unspecified atom stereocenters. The molecule has 0 saturated carbocycles. The molecule has 1 fully saturated rings. The predicted molar refractivity (Wildman–Crippen MR) is 128 cm³/mol. The van der Waals surface area contributed by atoms with Gasteiger partial charge in [-0.3, -0.25) is 14.5 Å². The molecule has 6 heteroatoms. The Hall–Kier alpha value is -3.38. The van der Waals surface area contributed by atoms with Gasteiger partial charge in [0.2, 0.25) is 0 Å². The van der Waals surface area contributed by atoms with Gasteiger partial charge in [0.1, 0.15) is 11.5 Å². The van der Waals surface area contributed by atoms with Crippen molar-refractivity contribution in [3.05, 3.63) is 100 Å². The number of Topliss-reactive ketones (excluding diaryl/α,β-unsaturated/α-hetero) is 1. The van der Waals surface area contributed by atoms with Gasteiger partial charge in [-0.15, -0.1) is 0 Å². The van der Waals surface area contributed by atoms with Crippen LogP contribution in [-0.2, 0) is 9.59 Å². The summed E-state index contributed by atoms with van der Waals surface area (Å²) in [6.07, 6.45) is 0.887. The number of carbonyl (C=O) groups excluding carboxylic acids is 2. The van der Waals surface area contributed by atoms with Gasteiger partial charge in [-0.1, -0.05) is 53.2 Å². The number of hydrogen-bond acceptors (Lipinski definition) is 4. The first-order valence-corrected chi connectivity index (χ1v) is 11.1. The van der Waals surface area contributed by atoms with Gasteiger partial charge in [-0.25, -0.2) is 0 Å². The number of aliphatic hydroxyl groups excluding tert-OH is 1. The van der Waals surface area contributed by atoms with Crippen LogP contribution in [0.25, 0.3) is 5.76 Å². The summed E-state index contributed by atoms with van der Waals surface area (Å²) in [5.74, 6) is -0.923. The highest BCUT2D eigenvalue weighted by atomic mass is 79.9. The number of aliphatic hydroxyl groups is 1. The summed E-state index contributed by atoms with van der Waals surface area (Å²) in [6, 6.07) is 22.5. The maximum atomic E-state index is 13.1. The normalized spacial score (nSPS) is 17.6. The number of rotatable bonds is 6. The zero-order chi connectivity index (χ0) is 22.7. The predicted octanol–water partition coefficient (Wildman–Crippen LogP) is 5.86. The highest BCUT2D eigenvalue weighted by Gasteiger charge is 2.46. The number of anilines is 1. The molecule has 1 saturated heterocycles. The van der Waals surface area contributed by atoms with Gasteiger partial charge in [0.25, 0.3) is 11.7 Å². The van der Waals surface area contributed by atoms with Crippen molar-refractivity contribution in [3.63, 3.8) is 0 Å². The lowest BCUT2D eigenvalue weighted by atomic mass is 9.95. The van der Waals surface area contributed by atoms with Gasteiger partial charge in [-0.05, 0) is 60.5 Å². The van der Waals surface area contributed by atoms with Gasteiger partial charge in [-0.2, -0.15) is 0 Å². The Morgan fingerprint density at radius 3 is 2.25 bits per heavy atom. The van der Waals surface area contributed by atoms with Gasteiger partial charge < -0.3 is 9.84 Å². The van der Waals surface area contributed by atoms with Crippen LogP contribution >= 0.6 is 15.9 Å². The monoisotopic (exact) mass is 491 g/mol. The number of halogens is 1. The zero-order valence-corrected chi connectivity index (χ0v) is 19.1. The largest absolute Gasteiger partial charge is 0.507 e. The van der Waals surface area contributed by atoms with E-state index in [2.05, 4.69) is 15.9 Å². The third kappa shape index (κ3) is 4.18. The van der Waals surface area contributed by atoms with Crippen molar-refractivity contribution in [1.82, 2.24) is 0 Å². The minimum absolute atomic E-state index is 0.0587. The molecule has 1 aliphatic rings. The van der Waals surface area contributed by atoms with Crippen molar-refractivity contribution < 1.29 is 19.4 Å². The first kappa shape index (κ1) is 21.8. The number of ether oxygens (including phenoxy) is 1. The molecule has 1 atom stereocenters. The Labute approximate surface area is 195 Å². The van der Waals surface area contributed by atoms with Crippen molar-refractivity contribution in [2.24, 2.45) is 0 Å². The third-order valence-corrected chi connectivity index (χ3v) is 5.79. The molecular weight excluding hydrogens is 470 g/mol. The van der Waals surface area contributed by atoms with E-state index in [1.807, 2.05) is 49.4 Å². The van der Waals surface area contributed by atoms with E-state index in [0.717, 1.165) is 16.5 Å². The summed E-state index contributed by atoms with van der Waals surface area (Å²) in [6.45, 7) is 2.62. The second-order valence-corrected chi connectivity index (χ2v) is 8.34. The van der Waals surface area contributed by atoms with Crippen molar-refractivity contribution in [2.75, 3.05) is 11.5 Å². The van der Waals surface area contributed by atoms with Crippen LogP contribution in [0.5, 0.6) is 5.75 Å². The number of nitrogens with zero attached hydrogens (tertiary/aromatic N) is 1. The first-order valence-electron chi connectivity index (χ1n) is 10.4. The fraction of sp³-hybridized carbons (Fsp3) is 0.154. The average Bonchev–Trinajstić information content (AvgIpc) is 3.09. The van der Waals surface area contributed by atoms with E-state index in [9.17, 15) is 14.7 Å². The number of ketones is 1. The number of para-hydroxylation sites is 1. The number of amides is 1. The van der Waals surface area contributed by atoms with E-state index in [-0.39, 0.29) is 11.3 Å². The van der Waals surface area contributed by atoms with Gasteiger partial charge >= 0.3 is 0 Å². The van der Waals surface area contributed by atoms with Gasteiger partial charge in [0.05, 0.1) is 18.2 Å². The summed E-state index contributed by atoms with van der Waals surface area (Å²) in [7, 11) is 0. The molecule has 0 bridgehead atoms. The highest BCUT2D eigenvalue weighted by molar-refractivity contribution is 9.10. The Kier molecular flexibility index (Phi) is 6.42. The van der Waals surface area contributed by atoms with E-state index in [0.29, 0.717) is 23.6 Å². The van der Waals surface area contributed by atoms with Gasteiger partial charge in [0, 0.05) is 15.7 Å². The minimum Gasteiger partial charge on any atom is -0.507 e. The SMILES string of the molecule is CCCOc1ccc(/C(O)=C2/C(=O)C(=O)N(c3ccccc3)C2c2ccc(Br)cc2)cc1. The molecule has 1 aliphatic heterocycles. The molecule has 0 spiro atoms. The lowest BCUT2D eigenvalue weighted by Gasteiger charge is -2.25. The van der Waals surface area contributed by atoms with Crippen LogP contribution in [0.3, 0.4) is 0 Å². The summed E-state index contributed by atoms with van der Waals surface area (Å²) >= 11 is 3.42. The number of carbonyl (C=O) groups is 2. The van der Waals surface area contributed by atoms with Crippen molar-refractivity contribution in [3.8, 4) is 5.75 Å². The topological polar surface area (TPSA) is 66.8 Å². The maximum absolute atomic E-state index is 13.1. The fourth-order valence-corrected chi connectivity index (χ4v) is 4.00. The smallest absolute Gasteiger partial charge is 0.300 e. The molecule has 0 aromatic heterocycles. The zero-order valence-electron chi connectivity index (χ0n) is 17.5. The van der Waals surface area contributed by atoms with Crippen LogP contribution in [-0.4, -0.2) is 23.4 Å². The Balaban J connectivity index is 1.83. The van der Waals surface area contributed by atoms with Crippen LogP contribution in [0, 0.1) is 0 Å². The van der Waals surface area contributed by atoms with Crippen molar-refractivity contribution in [1.29, 1.82) is 0 Å². The fourth-order valence-electron chi connectivity index (χ4n) is 3.73. The molecule has 1 amide bonds. The van der Waals surface area contributed by atoms with Crippen LogP contribution < -0.4 is 9.64 Å². The second kappa shape index (κ2) is 9.40. The van der Waals surface area contributed by atoms with E-state index in [1.54, 1.807) is 36.4 Å². The molecule has 3 aromatic carbocycles. The van der Waals surface area contributed by atoms with E-state index in [1.165, 1.54) is 4.90 Å². The summed E-state index contributed by atoms with van der Waals surface area (Å²) in [5.41, 5.74) is 1.82. The van der Waals surface area contributed by atoms with E-state index in [4.69, 9.17) is 4.74 Å². The number of hydrogen-bond donors (Lipinski definition) is 1. The molecule has 1 heterocycles. The van der Waals surface area contributed by atoms with Crippen LogP contribution in [0.4, 0.5) is 5.69 Å². The Morgan fingerprint density at radius 2 is 1.62 bits per heavy atom. The Morgan fingerprint density at radius 1 is 0.969 bits per heavy atom. The van der Waals surface area contributed by atoms with Crippen LogP contribution in [0.1, 0.15) is 30.5 Å². The van der Waals surface area contributed by atoms with E-state index >= 15 is 0 Å². The molecule has 1 N–H and O–H groups in total. The first-order chi connectivity index (χ1) is 15.5. The van der Waals surface area contributed by atoms with E-state index < -0.39 is 17.7 Å². The highest BCUT2D eigenvalue weighted by Crippen LogP contribution is 2.42. The minimum atomic E-state index is -0.749. The molecule has 0 aliphatic carbocycles. The number of benzene rings is 3. The molecule has 4 rings (SSSR count). The standard InChI is InChI=1S/C26H22BrNO4/c1-2-16-32-21-14-10-18(11-15-21)24(29)22-23(17-8-12-19(27)13-9-17)28(26(31)25(22)30)20-6-4-3-5-7-20/h3-15,23,29H,2,16H2,1H3/b24-22-. The third-order valence-electron chi connectivity index (χ3n) is 5.27. The molecular formula is C26H22BrNO4. The van der Waals surface area contributed by atoms with Gasteiger partial charge in [0.15, 0.2) is 0 Å². The molecule has 3 aromatic rings.